The highest BCUT2D eigenvalue weighted by atomic mass is 19.3. The second kappa shape index (κ2) is 10.5. The molecule has 1 N–H and O–H groups in total. The third-order valence-corrected chi connectivity index (χ3v) is 5.42. The Hall–Kier alpha value is -4.03. The molecule has 0 bridgehead atoms. The number of unbranched alkanes of at least 4 members (excludes halogenated alkanes) is 2. The molecule has 0 aliphatic carbocycles. The normalized spacial score (nSPS) is 11.5. The molecule has 4 aromatic rings. The molecule has 0 saturated heterocycles. The fourth-order valence-corrected chi connectivity index (χ4v) is 3.67. The van der Waals surface area contributed by atoms with Crippen molar-refractivity contribution in [3.8, 4) is 11.6 Å². The molecule has 35 heavy (non-hydrogen) atoms. The van der Waals surface area contributed by atoms with Crippen LogP contribution in [-0.4, -0.2) is 34.2 Å². The van der Waals surface area contributed by atoms with Crippen molar-refractivity contribution in [2.45, 2.75) is 58.5 Å². The maximum atomic E-state index is 13.2. The first-order chi connectivity index (χ1) is 16.9. The number of aryl methyl sites for hydroxylation is 2. The molecule has 11 nitrogen and oxygen atoms in total. The fraction of sp³-hybridized carbons (Fsp3) is 0.409. The predicted molar refractivity (Wildman–Crippen MR) is 121 cm³/mol. The van der Waals surface area contributed by atoms with Crippen LogP contribution >= 0.6 is 0 Å². The van der Waals surface area contributed by atoms with Gasteiger partial charge in [0.25, 0.3) is 23.4 Å². The van der Waals surface area contributed by atoms with E-state index in [1.807, 2.05) is 11.9 Å². The van der Waals surface area contributed by atoms with Crippen LogP contribution in [0.15, 0.2) is 43.3 Å². The number of halogens is 2. The fourth-order valence-electron chi connectivity index (χ4n) is 3.67. The summed E-state index contributed by atoms with van der Waals surface area (Å²) in [5.41, 5.74) is -2.68. The van der Waals surface area contributed by atoms with E-state index >= 15 is 0 Å². The molecule has 4 heterocycles. The van der Waals surface area contributed by atoms with Crippen LogP contribution in [-0.2, 0) is 19.5 Å². The van der Waals surface area contributed by atoms with Crippen LogP contribution in [0.5, 0.6) is 0 Å². The van der Waals surface area contributed by atoms with E-state index < -0.39 is 34.6 Å². The summed E-state index contributed by atoms with van der Waals surface area (Å²) in [6.45, 7) is 2.07. The Morgan fingerprint density at radius 3 is 2.57 bits per heavy atom. The van der Waals surface area contributed by atoms with Gasteiger partial charge < -0.3 is 9.51 Å². The first-order valence-electron chi connectivity index (χ1n) is 11.2. The van der Waals surface area contributed by atoms with Gasteiger partial charge in [0.15, 0.2) is 17.2 Å². The van der Waals surface area contributed by atoms with E-state index in [-0.39, 0.29) is 24.5 Å². The van der Waals surface area contributed by atoms with Crippen molar-refractivity contribution in [1.29, 1.82) is 0 Å². The third kappa shape index (κ3) is 5.08. The summed E-state index contributed by atoms with van der Waals surface area (Å²) in [7, 11) is 0. The molecule has 4 aromatic heterocycles. The second-order valence-corrected chi connectivity index (χ2v) is 7.88. The SMILES string of the molecule is CCCCn1c(=O)n(CCCCc2noc(-c3ccccn3)n2)c(=O)c2nc(C(F)F)[nH]c(=O)c21. The number of aromatic amines is 1. The second-order valence-electron chi connectivity index (χ2n) is 7.88. The molecule has 0 aliphatic rings. The Balaban J connectivity index is 1.57. The van der Waals surface area contributed by atoms with Crippen molar-refractivity contribution >= 4 is 11.0 Å². The number of rotatable bonds is 10. The van der Waals surface area contributed by atoms with Crippen molar-refractivity contribution in [3.63, 3.8) is 0 Å². The molecule has 0 aromatic carbocycles. The van der Waals surface area contributed by atoms with Gasteiger partial charge in [0.1, 0.15) is 11.2 Å². The summed E-state index contributed by atoms with van der Waals surface area (Å²) >= 11 is 0. The Bertz CT molecular complexity index is 1490. The number of aromatic nitrogens is 7. The highest BCUT2D eigenvalue weighted by Gasteiger charge is 2.20. The zero-order valence-electron chi connectivity index (χ0n) is 18.9. The van der Waals surface area contributed by atoms with Crippen LogP contribution in [0.2, 0.25) is 0 Å². The van der Waals surface area contributed by atoms with Gasteiger partial charge in [-0.2, -0.15) is 4.98 Å². The lowest BCUT2D eigenvalue weighted by atomic mass is 10.2. The number of nitrogens with zero attached hydrogens (tertiary/aromatic N) is 6. The van der Waals surface area contributed by atoms with E-state index in [0.717, 1.165) is 15.6 Å². The molecular weight excluding hydrogens is 464 g/mol. The highest BCUT2D eigenvalue weighted by Crippen LogP contribution is 2.15. The van der Waals surface area contributed by atoms with Crippen molar-refractivity contribution < 1.29 is 13.3 Å². The number of fused-ring (bicyclic) bond motifs is 1. The number of H-pyrrole nitrogens is 1. The maximum absolute atomic E-state index is 13.2. The van der Waals surface area contributed by atoms with Crippen LogP contribution in [0.25, 0.3) is 22.6 Å². The van der Waals surface area contributed by atoms with Crippen molar-refractivity contribution in [1.82, 2.24) is 34.2 Å². The first-order valence-corrected chi connectivity index (χ1v) is 11.2. The van der Waals surface area contributed by atoms with E-state index in [0.29, 0.717) is 37.2 Å². The molecular formula is C22H23F2N7O4. The number of pyridine rings is 1. The van der Waals surface area contributed by atoms with E-state index in [2.05, 4.69) is 20.1 Å². The number of hydrogen-bond donors (Lipinski definition) is 1. The molecule has 0 fully saturated rings. The lowest BCUT2D eigenvalue weighted by Crippen LogP contribution is -2.42. The summed E-state index contributed by atoms with van der Waals surface area (Å²) < 4.78 is 33.6. The van der Waals surface area contributed by atoms with Crippen molar-refractivity contribution in [2.24, 2.45) is 0 Å². The Kier molecular flexibility index (Phi) is 7.22. The molecule has 0 atom stereocenters. The highest BCUT2D eigenvalue weighted by molar-refractivity contribution is 5.72. The third-order valence-electron chi connectivity index (χ3n) is 5.42. The van der Waals surface area contributed by atoms with Crippen LogP contribution in [0.4, 0.5) is 8.78 Å². The number of hydrogen-bond acceptors (Lipinski definition) is 8. The van der Waals surface area contributed by atoms with E-state index in [4.69, 9.17) is 4.52 Å². The topological polar surface area (TPSA) is 142 Å². The van der Waals surface area contributed by atoms with Gasteiger partial charge >= 0.3 is 5.69 Å². The summed E-state index contributed by atoms with van der Waals surface area (Å²) in [6, 6.07) is 5.31. The lowest BCUT2D eigenvalue weighted by Gasteiger charge is -2.13. The van der Waals surface area contributed by atoms with Crippen molar-refractivity contribution in [3.05, 3.63) is 67.2 Å². The molecule has 13 heteroatoms. The molecule has 4 rings (SSSR count). The first kappa shape index (κ1) is 24.1. The minimum Gasteiger partial charge on any atom is -0.332 e. The summed E-state index contributed by atoms with van der Waals surface area (Å²) in [5, 5.41) is 3.92. The van der Waals surface area contributed by atoms with Gasteiger partial charge in [-0.05, 0) is 31.4 Å². The van der Waals surface area contributed by atoms with Gasteiger partial charge in [0.2, 0.25) is 0 Å². The summed E-state index contributed by atoms with van der Waals surface area (Å²) in [5.74, 6) is -0.171. The average molecular weight is 487 g/mol. The van der Waals surface area contributed by atoms with Gasteiger partial charge in [-0.1, -0.05) is 24.6 Å². The molecule has 184 valence electrons. The van der Waals surface area contributed by atoms with E-state index in [1.165, 1.54) is 0 Å². The zero-order chi connectivity index (χ0) is 24.9. The van der Waals surface area contributed by atoms with Crippen LogP contribution < -0.4 is 16.8 Å². The quantitative estimate of drug-likeness (QED) is 0.336. The largest absolute Gasteiger partial charge is 0.332 e. The van der Waals surface area contributed by atoms with Crippen LogP contribution in [0.1, 0.15) is 50.7 Å². The molecule has 0 radical (unpaired) electrons. The molecule has 0 spiro atoms. The molecule has 0 aliphatic heterocycles. The minimum absolute atomic E-state index is 0.0170. The summed E-state index contributed by atoms with van der Waals surface area (Å²) in [4.78, 5) is 52.6. The smallest absolute Gasteiger partial charge is 0.331 e. The standard InChI is InChI=1S/C22H23F2N7O4/c1-2-3-11-30-16-15(27-18(17(23)24)28-19(16)32)21(33)31(22(30)34)12-7-5-9-14-26-20(35-29-14)13-8-4-6-10-25-13/h4,6,8,10,17H,2-3,5,7,9,11-12H2,1H3,(H,27,28,32). The Labute approximate surface area is 196 Å². The van der Waals surface area contributed by atoms with Gasteiger partial charge in [-0.25, -0.2) is 18.6 Å². The molecule has 0 saturated carbocycles. The van der Waals surface area contributed by atoms with Gasteiger partial charge in [-0.15, -0.1) is 0 Å². The van der Waals surface area contributed by atoms with E-state index in [9.17, 15) is 23.2 Å². The van der Waals surface area contributed by atoms with Crippen LogP contribution in [0.3, 0.4) is 0 Å². The number of nitrogens with one attached hydrogen (secondary N) is 1. The van der Waals surface area contributed by atoms with Crippen molar-refractivity contribution in [2.75, 3.05) is 0 Å². The summed E-state index contributed by atoms with van der Waals surface area (Å²) in [6.07, 6.45) is 1.16. The van der Waals surface area contributed by atoms with Gasteiger partial charge in [-0.3, -0.25) is 23.7 Å². The monoisotopic (exact) mass is 487 g/mol. The maximum Gasteiger partial charge on any atom is 0.331 e. The minimum atomic E-state index is -3.07. The molecule has 0 amide bonds. The van der Waals surface area contributed by atoms with E-state index in [1.54, 1.807) is 24.4 Å². The zero-order valence-corrected chi connectivity index (χ0v) is 18.9. The Morgan fingerprint density at radius 1 is 1.06 bits per heavy atom. The van der Waals surface area contributed by atoms with Crippen LogP contribution in [0, 0.1) is 0 Å². The predicted octanol–water partition coefficient (Wildman–Crippen LogP) is 2.45. The number of alkyl halides is 2. The molecule has 0 unspecified atom stereocenters. The Morgan fingerprint density at radius 2 is 1.86 bits per heavy atom. The van der Waals surface area contributed by atoms with Gasteiger partial charge in [0, 0.05) is 25.7 Å². The lowest BCUT2D eigenvalue weighted by molar-refractivity contribution is 0.140. The average Bonchev–Trinajstić information content (AvgIpc) is 3.33. The van der Waals surface area contributed by atoms with Gasteiger partial charge in [0.05, 0.1) is 0 Å².